The van der Waals surface area contributed by atoms with Gasteiger partial charge in [0.2, 0.25) is 5.91 Å². The minimum atomic E-state index is -0.0455. The molecular formula is C20H24N4OS2. The zero-order valence-electron chi connectivity index (χ0n) is 16.2. The van der Waals surface area contributed by atoms with Gasteiger partial charge >= 0.3 is 0 Å². The van der Waals surface area contributed by atoms with Gasteiger partial charge in [0.1, 0.15) is 0 Å². The number of aryl methyl sites for hydroxylation is 1. The lowest BCUT2D eigenvalue weighted by molar-refractivity contribution is -0.113. The first kappa shape index (κ1) is 19.6. The number of rotatable bonds is 6. The summed E-state index contributed by atoms with van der Waals surface area (Å²) in [7, 11) is 1.94. The molecule has 2 aromatic heterocycles. The summed E-state index contributed by atoms with van der Waals surface area (Å²) in [5.74, 6) is 1.58. The minimum Gasteiger partial charge on any atom is -0.325 e. The maximum Gasteiger partial charge on any atom is 0.234 e. The summed E-state index contributed by atoms with van der Waals surface area (Å²) < 4.78 is 1.95. The summed E-state index contributed by atoms with van der Waals surface area (Å²) in [6.45, 7) is 8.42. The molecule has 142 valence electrons. The molecule has 0 atom stereocenters. The second kappa shape index (κ2) is 8.27. The molecule has 3 rings (SSSR count). The summed E-state index contributed by atoms with van der Waals surface area (Å²) in [6.07, 6.45) is 0. The van der Waals surface area contributed by atoms with Crippen LogP contribution in [0.1, 0.15) is 35.8 Å². The topological polar surface area (TPSA) is 59.8 Å². The highest BCUT2D eigenvalue weighted by Crippen LogP contribution is 2.30. The number of thioether (sulfide) groups is 1. The van der Waals surface area contributed by atoms with E-state index < -0.39 is 0 Å². The predicted octanol–water partition coefficient (Wildman–Crippen LogP) is 5.01. The van der Waals surface area contributed by atoms with Crippen LogP contribution < -0.4 is 5.32 Å². The third-order valence-electron chi connectivity index (χ3n) is 4.49. The molecule has 2 heterocycles. The van der Waals surface area contributed by atoms with Crippen molar-refractivity contribution in [3.05, 3.63) is 45.6 Å². The highest BCUT2D eigenvalue weighted by molar-refractivity contribution is 7.99. The molecule has 1 amide bonds. The van der Waals surface area contributed by atoms with E-state index >= 15 is 0 Å². The average Bonchev–Trinajstić information content (AvgIpc) is 3.24. The number of benzene rings is 1. The second-order valence-corrected chi connectivity index (χ2v) is 8.73. The van der Waals surface area contributed by atoms with Crippen LogP contribution in [0.4, 0.5) is 5.69 Å². The van der Waals surface area contributed by atoms with Crippen LogP contribution in [0.15, 0.2) is 34.8 Å². The van der Waals surface area contributed by atoms with E-state index in [1.165, 1.54) is 16.6 Å². The monoisotopic (exact) mass is 400 g/mol. The Labute approximate surface area is 168 Å². The van der Waals surface area contributed by atoms with Gasteiger partial charge in [0, 0.05) is 28.6 Å². The number of amides is 1. The molecule has 0 saturated heterocycles. The lowest BCUT2D eigenvalue weighted by Gasteiger charge is -2.10. The van der Waals surface area contributed by atoms with Gasteiger partial charge in [-0.2, -0.15) is 0 Å². The van der Waals surface area contributed by atoms with Crippen molar-refractivity contribution in [3.63, 3.8) is 0 Å². The standard InChI is InChI=1S/C20H24N4OS2/c1-12(2)17-9-15(10-26-17)19-22-23-20(24(19)5)27-11-18(25)21-16-8-6-7-13(3)14(16)4/h6-10,12H,11H2,1-5H3,(H,21,25). The van der Waals surface area contributed by atoms with E-state index in [9.17, 15) is 4.79 Å². The fourth-order valence-electron chi connectivity index (χ4n) is 2.67. The predicted molar refractivity (Wildman–Crippen MR) is 114 cm³/mol. The smallest absolute Gasteiger partial charge is 0.234 e. The molecule has 7 heteroatoms. The number of nitrogens with one attached hydrogen (secondary N) is 1. The number of carbonyl (C=O) groups excluding carboxylic acids is 1. The lowest BCUT2D eigenvalue weighted by Crippen LogP contribution is -2.15. The van der Waals surface area contributed by atoms with Crippen LogP contribution in [0.25, 0.3) is 11.4 Å². The first-order chi connectivity index (χ1) is 12.9. The molecule has 0 aliphatic carbocycles. The van der Waals surface area contributed by atoms with Gasteiger partial charge in [-0.3, -0.25) is 4.79 Å². The number of carbonyl (C=O) groups is 1. The van der Waals surface area contributed by atoms with Gasteiger partial charge in [-0.15, -0.1) is 21.5 Å². The number of anilines is 1. The molecule has 1 aromatic carbocycles. The highest BCUT2D eigenvalue weighted by Gasteiger charge is 2.15. The summed E-state index contributed by atoms with van der Waals surface area (Å²) in [5, 5.41) is 14.4. The lowest BCUT2D eigenvalue weighted by atomic mass is 10.1. The van der Waals surface area contributed by atoms with Crippen LogP contribution in [0.5, 0.6) is 0 Å². The molecule has 27 heavy (non-hydrogen) atoms. The van der Waals surface area contributed by atoms with E-state index in [2.05, 4.69) is 40.8 Å². The van der Waals surface area contributed by atoms with E-state index in [4.69, 9.17) is 0 Å². The average molecular weight is 401 g/mol. The molecule has 0 saturated carbocycles. The first-order valence-corrected chi connectivity index (χ1v) is 10.7. The second-order valence-electron chi connectivity index (χ2n) is 6.84. The highest BCUT2D eigenvalue weighted by atomic mass is 32.2. The fraction of sp³-hybridized carbons (Fsp3) is 0.350. The van der Waals surface area contributed by atoms with Gasteiger partial charge in [0.25, 0.3) is 0 Å². The molecule has 3 aromatic rings. The molecule has 5 nitrogen and oxygen atoms in total. The molecule has 0 radical (unpaired) electrons. The molecule has 0 bridgehead atoms. The molecule has 0 unspecified atom stereocenters. The summed E-state index contributed by atoms with van der Waals surface area (Å²) in [6, 6.07) is 8.08. The van der Waals surface area contributed by atoms with Gasteiger partial charge < -0.3 is 9.88 Å². The molecule has 0 aliphatic rings. The Bertz CT molecular complexity index is 959. The van der Waals surface area contributed by atoms with Crippen molar-refractivity contribution in [2.75, 3.05) is 11.1 Å². The van der Waals surface area contributed by atoms with E-state index in [0.29, 0.717) is 11.7 Å². The number of hydrogen-bond donors (Lipinski definition) is 1. The normalized spacial score (nSPS) is 11.2. The van der Waals surface area contributed by atoms with Crippen LogP contribution in [-0.2, 0) is 11.8 Å². The van der Waals surface area contributed by atoms with E-state index in [-0.39, 0.29) is 5.91 Å². The zero-order valence-corrected chi connectivity index (χ0v) is 17.9. The van der Waals surface area contributed by atoms with Crippen molar-refractivity contribution < 1.29 is 4.79 Å². The van der Waals surface area contributed by atoms with Crippen molar-refractivity contribution in [3.8, 4) is 11.4 Å². The van der Waals surface area contributed by atoms with Crippen molar-refractivity contribution >= 4 is 34.7 Å². The molecule has 0 fully saturated rings. The Kier molecular flexibility index (Phi) is 6.01. The van der Waals surface area contributed by atoms with E-state index in [0.717, 1.165) is 33.4 Å². The van der Waals surface area contributed by atoms with Crippen molar-refractivity contribution in [2.24, 2.45) is 7.05 Å². The Morgan fingerprint density at radius 2 is 2.07 bits per heavy atom. The third-order valence-corrected chi connectivity index (χ3v) is 6.75. The molecule has 0 aliphatic heterocycles. The van der Waals surface area contributed by atoms with Crippen LogP contribution >= 0.6 is 23.1 Å². The van der Waals surface area contributed by atoms with Gasteiger partial charge in [-0.25, -0.2) is 0 Å². The van der Waals surface area contributed by atoms with Gasteiger partial charge in [0.15, 0.2) is 11.0 Å². The van der Waals surface area contributed by atoms with Gasteiger partial charge in [-0.05, 0) is 43.0 Å². The Morgan fingerprint density at radius 1 is 1.30 bits per heavy atom. The van der Waals surface area contributed by atoms with Crippen molar-refractivity contribution in [1.82, 2.24) is 14.8 Å². The largest absolute Gasteiger partial charge is 0.325 e. The third kappa shape index (κ3) is 4.42. The molecular weight excluding hydrogens is 376 g/mol. The van der Waals surface area contributed by atoms with Crippen molar-refractivity contribution in [2.45, 2.75) is 38.8 Å². The molecule has 0 spiro atoms. The molecule has 1 N–H and O–H groups in total. The maximum absolute atomic E-state index is 12.3. The van der Waals surface area contributed by atoms with E-state index in [1.54, 1.807) is 11.3 Å². The van der Waals surface area contributed by atoms with Crippen LogP contribution in [0.3, 0.4) is 0 Å². The summed E-state index contributed by atoms with van der Waals surface area (Å²) in [4.78, 5) is 13.7. The maximum atomic E-state index is 12.3. The van der Waals surface area contributed by atoms with Crippen LogP contribution in [0, 0.1) is 13.8 Å². The zero-order chi connectivity index (χ0) is 19.6. The summed E-state index contributed by atoms with van der Waals surface area (Å²) in [5.41, 5.74) is 4.19. The van der Waals surface area contributed by atoms with Crippen LogP contribution in [0.2, 0.25) is 0 Å². The first-order valence-electron chi connectivity index (χ1n) is 8.84. The number of thiophene rings is 1. The van der Waals surface area contributed by atoms with Gasteiger partial charge in [0.05, 0.1) is 5.75 Å². The Morgan fingerprint density at radius 3 is 2.78 bits per heavy atom. The number of hydrogen-bond acceptors (Lipinski definition) is 5. The van der Waals surface area contributed by atoms with Crippen LogP contribution in [-0.4, -0.2) is 26.4 Å². The quantitative estimate of drug-likeness (QED) is 0.591. The van der Waals surface area contributed by atoms with E-state index in [1.807, 2.05) is 43.7 Å². The van der Waals surface area contributed by atoms with Gasteiger partial charge in [-0.1, -0.05) is 37.7 Å². The Balaban J connectivity index is 1.65. The Hall–Kier alpha value is -2.12. The minimum absolute atomic E-state index is 0.0455. The number of nitrogens with zero attached hydrogens (tertiary/aromatic N) is 3. The number of aromatic nitrogens is 3. The van der Waals surface area contributed by atoms with Crippen molar-refractivity contribution in [1.29, 1.82) is 0 Å². The summed E-state index contributed by atoms with van der Waals surface area (Å²) >= 11 is 3.13. The SMILES string of the molecule is Cc1cccc(NC(=O)CSc2nnc(-c3csc(C(C)C)c3)n2C)c1C. The fourth-order valence-corrected chi connectivity index (χ4v) is 4.28.